The second-order valence-electron chi connectivity index (χ2n) is 5.16. The molecule has 3 heteroatoms. The van der Waals surface area contributed by atoms with Gasteiger partial charge >= 0.3 is 5.97 Å². The minimum Gasteiger partial charge on any atom is -0.481 e. The Kier molecular flexibility index (Phi) is 3.50. The molecule has 1 saturated carbocycles. The number of carboxylic acids is 1. The van der Waals surface area contributed by atoms with Crippen LogP contribution in [0.1, 0.15) is 40.7 Å². The monoisotopic (exact) mass is 246 g/mol. The van der Waals surface area contributed by atoms with Crippen LogP contribution in [-0.4, -0.2) is 16.9 Å². The molecular weight excluding hydrogens is 228 g/mol. The van der Waals surface area contributed by atoms with Crippen LogP contribution in [0.25, 0.3) is 0 Å². The molecule has 2 rings (SSSR count). The first kappa shape index (κ1) is 12.8. The molecule has 1 aliphatic rings. The maximum absolute atomic E-state index is 12.4. The number of ketones is 1. The number of hydrogen-bond donors (Lipinski definition) is 1. The number of benzene rings is 1. The fourth-order valence-corrected chi connectivity index (χ4v) is 2.86. The Hall–Kier alpha value is -1.64. The number of rotatable bonds is 3. The van der Waals surface area contributed by atoms with Crippen LogP contribution in [0.3, 0.4) is 0 Å². The topological polar surface area (TPSA) is 54.4 Å². The van der Waals surface area contributed by atoms with Gasteiger partial charge in [0, 0.05) is 11.5 Å². The second kappa shape index (κ2) is 4.92. The summed E-state index contributed by atoms with van der Waals surface area (Å²) >= 11 is 0. The molecule has 2 atom stereocenters. The molecule has 1 aliphatic carbocycles. The van der Waals surface area contributed by atoms with Gasteiger partial charge in [0.25, 0.3) is 0 Å². The minimum absolute atomic E-state index is 0.00241. The van der Waals surface area contributed by atoms with Crippen LogP contribution < -0.4 is 0 Å². The highest BCUT2D eigenvalue weighted by Crippen LogP contribution is 2.35. The summed E-state index contributed by atoms with van der Waals surface area (Å²) in [7, 11) is 0. The van der Waals surface area contributed by atoms with Gasteiger partial charge in [0.15, 0.2) is 5.78 Å². The van der Waals surface area contributed by atoms with Crippen LogP contribution in [0.5, 0.6) is 0 Å². The Labute approximate surface area is 107 Å². The Morgan fingerprint density at radius 3 is 2.44 bits per heavy atom. The number of hydrogen-bond acceptors (Lipinski definition) is 2. The van der Waals surface area contributed by atoms with Crippen molar-refractivity contribution in [2.45, 2.75) is 33.1 Å². The SMILES string of the molecule is Cc1ccc(C(=O)[C@@H]2CCC[C@@H]2C(=O)O)c(C)c1. The summed E-state index contributed by atoms with van der Waals surface area (Å²) in [5.74, 6) is -1.69. The first-order chi connectivity index (χ1) is 8.50. The molecule has 1 aromatic carbocycles. The van der Waals surface area contributed by atoms with E-state index in [0.29, 0.717) is 18.4 Å². The van der Waals surface area contributed by atoms with E-state index in [-0.39, 0.29) is 11.7 Å². The lowest BCUT2D eigenvalue weighted by atomic mass is 9.86. The van der Waals surface area contributed by atoms with Gasteiger partial charge in [0.1, 0.15) is 0 Å². The first-order valence-corrected chi connectivity index (χ1v) is 6.35. The maximum atomic E-state index is 12.4. The van der Waals surface area contributed by atoms with Gasteiger partial charge in [-0.2, -0.15) is 0 Å². The summed E-state index contributed by atoms with van der Waals surface area (Å²) in [6, 6.07) is 5.70. The molecule has 96 valence electrons. The zero-order valence-corrected chi connectivity index (χ0v) is 10.8. The molecule has 0 aromatic heterocycles. The van der Waals surface area contributed by atoms with Crippen LogP contribution in [0, 0.1) is 25.7 Å². The third kappa shape index (κ3) is 2.30. The van der Waals surface area contributed by atoms with Gasteiger partial charge in [-0.25, -0.2) is 0 Å². The maximum Gasteiger partial charge on any atom is 0.307 e. The third-order valence-corrected chi connectivity index (χ3v) is 3.82. The molecule has 0 unspecified atom stereocenters. The van der Waals surface area contributed by atoms with Gasteiger partial charge in [0.05, 0.1) is 5.92 Å². The zero-order valence-electron chi connectivity index (χ0n) is 10.8. The Balaban J connectivity index is 2.28. The van der Waals surface area contributed by atoms with E-state index in [4.69, 9.17) is 5.11 Å². The van der Waals surface area contributed by atoms with Gasteiger partial charge < -0.3 is 5.11 Å². The number of aliphatic carboxylic acids is 1. The predicted octanol–water partition coefficient (Wildman–Crippen LogP) is 2.99. The van der Waals surface area contributed by atoms with E-state index in [1.54, 1.807) is 0 Å². The largest absolute Gasteiger partial charge is 0.481 e. The highest BCUT2D eigenvalue weighted by Gasteiger charge is 2.38. The number of carboxylic acid groups (broad SMARTS) is 1. The van der Waals surface area contributed by atoms with Crippen molar-refractivity contribution in [3.05, 3.63) is 34.9 Å². The van der Waals surface area contributed by atoms with E-state index in [1.165, 1.54) is 0 Å². The summed E-state index contributed by atoms with van der Waals surface area (Å²) in [5.41, 5.74) is 2.74. The van der Waals surface area contributed by atoms with Gasteiger partial charge in [0.2, 0.25) is 0 Å². The van der Waals surface area contributed by atoms with Crippen molar-refractivity contribution < 1.29 is 14.7 Å². The Bertz CT molecular complexity index is 491. The lowest BCUT2D eigenvalue weighted by Crippen LogP contribution is -2.25. The van der Waals surface area contributed by atoms with Crippen molar-refractivity contribution in [1.29, 1.82) is 0 Å². The smallest absolute Gasteiger partial charge is 0.307 e. The molecule has 1 N–H and O–H groups in total. The molecule has 1 aromatic rings. The van der Waals surface area contributed by atoms with E-state index >= 15 is 0 Å². The standard InChI is InChI=1S/C15H18O3/c1-9-6-7-11(10(2)8-9)14(16)12-4-3-5-13(12)15(17)18/h6-8,12-13H,3-5H2,1-2H3,(H,17,18)/t12-,13+/m1/s1. The summed E-state index contributed by atoms with van der Waals surface area (Å²) in [6.07, 6.45) is 2.15. The summed E-state index contributed by atoms with van der Waals surface area (Å²) in [6.45, 7) is 3.89. The van der Waals surface area contributed by atoms with Gasteiger partial charge in [-0.3, -0.25) is 9.59 Å². The number of Topliss-reactive ketones (excluding diaryl/α,β-unsaturated/α-hetero) is 1. The zero-order chi connectivity index (χ0) is 13.3. The molecule has 18 heavy (non-hydrogen) atoms. The van der Waals surface area contributed by atoms with E-state index in [9.17, 15) is 9.59 Å². The van der Waals surface area contributed by atoms with Crippen molar-refractivity contribution in [3.8, 4) is 0 Å². The number of carbonyl (C=O) groups excluding carboxylic acids is 1. The van der Waals surface area contributed by atoms with Crippen LogP contribution in [-0.2, 0) is 4.79 Å². The fraction of sp³-hybridized carbons (Fsp3) is 0.467. The minimum atomic E-state index is -0.837. The van der Waals surface area contributed by atoms with E-state index in [2.05, 4.69) is 0 Å². The molecular formula is C15H18O3. The summed E-state index contributed by atoms with van der Waals surface area (Å²) in [4.78, 5) is 23.6. The Morgan fingerprint density at radius 2 is 1.83 bits per heavy atom. The van der Waals surface area contributed by atoms with Crippen LogP contribution in [0.4, 0.5) is 0 Å². The second-order valence-corrected chi connectivity index (χ2v) is 5.16. The van der Waals surface area contributed by atoms with Crippen molar-refractivity contribution in [1.82, 2.24) is 0 Å². The molecule has 0 aliphatic heterocycles. The molecule has 0 radical (unpaired) electrons. The average Bonchev–Trinajstić information content (AvgIpc) is 2.77. The third-order valence-electron chi connectivity index (χ3n) is 3.82. The molecule has 0 amide bonds. The van der Waals surface area contributed by atoms with Crippen molar-refractivity contribution in [2.24, 2.45) is 11.8 Å². The molecule has 1 fully saturated rings. The highest BCUT2D eigenvalue weighted by atomic mass is 16.4. The van der Waals surface area contributed by atoms with E-state index in [1.807, 2.05) is 32.0 Å². The van der Waals surface area contributed by atoms with Crippen LogP contribution in [0.15, 0.2) is 18.2 Å². The predicted molar refractivity (Wildman–Crippen MR) is 68.7 cm³/mol. The van der Waals surface area contributed by atoms with Gasteiger partial charge in [-0.15, -0.1) is 0 Å². The Morgan fingerprint density at radius 1 is 1.17 bits per heavy atom. The lowest BCUT2D eigenvalue weighted by Gasteiger charge is -2.16. The normalized spacial score (nSPS) is 23.0. The molecule has 0 saturated heterocycles. The van der Waals surface area contributed by atoms with Crippen LogP contribution in [0.2, 0.25) is 0 Å². The molecule has 3 nitrogen and oxygen atoms in total. The quantitative estimate of drug-likeness (QED) is 0.834. The lowest BCUT2D eigenvalue weighted by molar-refractivity contribution is -0.142. The number of aryl methyl sites for hydroxylation is 2. The fourth-order valence-electron chi connectivity index (χ4n) is 2.86. The van der Waals surface area contributed by atoms with Crippen molar-refractivity contribution in [2.75, 3.05) is 0 Å². The highest BCUT2D eigenvalue weighted by molar-refractivity contribution is 6.01. The summed E-state index contributed by atoms with van der Waals surface area (Å²) in [5, 5.41) is 9.14. The average molecular weight is 246 g/mol. The van der Waals surface area contributed by atoms with Gasteiger partial charge in [-0.1, -0.05) is 30.2 Å². The first-order valence-electron chi connectivity index (χ1n) is 6.35. The molecule has 0 bridgehead atoms. The van der Waals surface area contributed by atoms with Crippen LogP contribution >= 0.6 is 0 Å². The number of carbonyl (C=O) groups is 2. The van der Waals surface area contributed by atoms with E-state index < -0.39 is 11.9 Å². The summed E-state index contributed by atoms with van der Waals surface area (Å²) < 4.78 is 0. The molecule has 0 heterocycles. The van der Waals surface area contributed by atoms with Crippen molar-refractivity contribution in [3.63, 3.8) is 0 Å². The molecule has 0 spiro atoms. The van der Waals surface area contributed by atoms with Crippen molar-refractivity contribution >= 4 is 11.8 Å². The van der Waals surface area contributed by atoms with Gasteiger partial charge in [-0.05, 0) is 32.3 Å². The van der Waals surface area contributed by atoms with E-state index in [0.717, 1.165) is 17.5 Å².